The van der Waals surface area contributed by atoms with Crippen LogP contribution in [0.25, 0.3) is 0 Å². The molecule has 1 N–H and O–H groups in total. The number of nitrogens with zero attached hydrogens (tertiary/aromatic N) is 1. The summed E-state index contributed by atoms with van der Waals surface area (Å²) in [5, 5.41) is 3.51. The first-order valence-electron chi connectivity index (χ1n) is 8.05. The molecule has 1 saturated heterocycles. The second kappa shape index (κ2) is 8.47. The SMILES string of the molecule is CCNC(CCN1CCOCC1CC)c1ccc(F)cc1. The molecule has 118 valence electrons. The van der Waals surface area contributed by atoms with Gasteiger partial charge in [-0.25, -0.2) is 4.39 Å². The van der Waals surface area contributed by atoms with Crippen LogP contribution < -0.4 is 5.32 Å². The van der Waals surface area contributed by atoms with Gasteiger partial charge in [0.15, 0.2) is 0 Å². The molecule has 0 radical (unpaired) electrons. The summed E-state index contributed by atoms with van der Waals surface area (Å²) in [5.41, 5.74) is 1.17. The molecule has 2 unspecified atom stereocenters. The molecule has 0 aliphatic carbocycles. The number of hydrogen-bond donors (Lipinski definition) is 1. The second-order valence-corrected chi connectivity index (χ2v) is 5.62. The fourth-order valence-electron chi connectivity index (χ4n) is 2.98. The van der Waals surface area contributed by atoms with E-state index in [1.165, 1.54) is 5.56 Å². The number of rotatable bonds is 7. The van der Waals surface area contributed by atoms with Gasteiger partial charge < -0.3 is 10.1 Å². The Balaban J connectivity index is 1.94. The molecule has 3 nitrogen and oxygen atoms in total. The first-order chi connectivity index (χ1) is 10.2. The normalized spacial score (nSPS) is 21.4. The number of nitrogens with one attached hydrogen (secondary N) is 1. The summed E-state index contributed by atoms with van der Waals surface area (Å²) in [7, 11) is 0. The Morgan fingerprint density at radius 2 is 2.10 bits per heavy atom. The molecule has 21 heavy (non-hydrogen) atoms. The first-order valence-corrected chi connectivity index (χ1v) is 8.05. The zero-order valence-electron chi connectivity index (χ0n) is 13.1. The Hall–Kier alpha value is -0.970. The second-order valence-electron chi connectivity index (χ2n) is 5.62. The number of halogens is 1. The summed E-state index contributed by atoms with van der Waals surface area (Å²) >= 11 is 0. The monoisotopic (exact) mass is 294 g/mol. The van der Waals surface area contributed by atoms with Crippen LogP contribution in [0.5, 0.6) is 0 Å². The maximum Gasteiger partial charge on any atom is 0.123 e. The van der Waals surface area contributed by atoms with Crippen LogP contribution in [0, 0.1) is 5.82 Å². The van der Waals surface area contributed by atoms with Crippen LogP contribution in [-0.2, 0) is 4.74 Å². The summed E-state index contributed by atoms with van der Waals surface area (Å²) in [6, 6.07) is 7.69. The molecule has 0 amide bonds. The minimum Gasteiger partial charge on any atom is -0.378 e. The molecule has 1 aromatic carbocycles. The van der Waals surface area contributed by atoms with Crippen LogP contribution in [-0.4, -0.2) is 43.8 Å². The third-order valence-electron chi connectivity index (χ3n) is 4.25. The van der Waals surface area contributed by atoms with Gasteiger partial charge in [-0.3, -0.25) is 4.90 Å². The molecular weight excluding hydrogens is 267 g/mol. The van der Waals surface area contributed by atoms with Crippen molar-refractivity contribution in [2.75, 3.05) is 32.8 Å². The van der Waals surface area contributed by atoms with Crippen LogP contribution in [0.3, 0.4) is 0 Å². The maximum atomic E-state index is 13.1. The molecule has 2 atom stereocenters. The summed E-state index contributed by atoms with van der Waals surface area (Å²) < 4.78 is 18.6. The first kappa shape index (κ1) is 16.4. The van der Waals surface area contributed by atoms with Gasteiger partial charge in [0.05, 0.1) is 13.2 Å². The number of ether oxygens (including phenoxy) is 1. The highest BCUT2D eigenvalue weighted by molar-refractivity contribution is 5.20. The highest BCUT2D eigenvalue weighted by Crippen LogP contribution is 2.20. The Kier molecular flexibility index (Phi) is 6.61. The molecule has 1 aromatic rings. The highest BCUT2D eigenvalue weighted by Gasteiger charge is 2.22. The van der Waals surface area contributed by atoms with Gasteiger partial charge in [-0.2, -0.15) is 0 Å². The van der Waals surface area contributed by atoms with Crippen molar-refractivity contribution in [2.45, 2.75) is 38.8 Å². The molecule has 0 saturated carbocycles. The lowest BCUT2D eigenvalue weighted by Gasteiger charge is -2.36. The summed E-state index contributed by atoms with van der Waals surface area (Å²) in [4.78, 5) is 2.53. The Morgan fingerprint density at radius 3 is 2.76 bits per heavy atom. The number of hydrogen-bond acceptors (Lipinski definition) is 3. The molecule has 2 rings (SSSR count). The van der Waals surface area contributed by atoms with Gasteiger partial charge in [0, 0.05) is 25.2 Å². The number of benzene rings is 1. The molecule has 1 fully saturated rings. The number of morpholine rings is 1. The Labute approximate surface area is 127 Å². The van der Waals surface area contributed by atoms with E-state index in [0.717, 1.165) is 45.7 Å². The molecule has 0 aromatic heterocycles. The van der Waals surface area contributed by atoms with Crippen molar-refractivity contribution in [1.82, 2.24) is 10.2 Å². The van der Waals surface area contributed by atoms with Crippen LogP contribution in [0.2, 0.25) is 0 Å². The van der Waals surface area contributed by atoms with E-state index in [1.54, 1.807) is 12.1 Å². The predicted molar refractivity (Wildman–Crippen MR) is 83.9 cm³/mol. The van der Waals surface area contributed by atoms with Crippen LogP contribution in [0.15, 0.2) is 24.3 Å². The Bertz CT molecular complexity index is 410. The predicted octanol–water partition coefficient (Wildman–Crippen LogP) is 2.98. The minimum atomic E-state index is -0.173. The molecule has 1 aliphatic heterocycles. The summed E-state index contributed by atoms with van der Waals surface area (Å²) in [5.74, 6) is -0.173. The molecule has 0 spiro atoms. The van der Waals surface area contributed by atoms with Gasteiger partial charge >= 0.3 is 0 Å². The average Bonchev–Trinajstić information content (AvgIpc) is 2.52. The maximum absolute atomic E-state index is 13.1. The molecule has 1 aliphatic rings. The van der Waals surface area contributed by atoms with Gasteiger partial charge in [0.1, 0.15) is 5.82 Å². The summed E-state index contributed by atoms with van der Waals surface area (Å²) in [6.45, 7) is 8.99. The van der Waals surface area contributed by atoms with Crippen molar-refractivity contribution in [3.63, 3.8) is 0 Å². The van der Waals surface area contributed by atoms with Crippen molar-refractivity contribution in [1.29, 1.82) is 0 Å². The van der Waals surface area contributed by atoms with Gasteiger partial charge in [0.25, 0.3) is 0 Å². The zero-order chi connectivity index (χ0) is 15.1. The van der Waals surface area contributed by atoms with E-state index >= 15 is 0 Å². The van der Waals surface area contributed by atoms with E-state index in [1.807, 2.05) is 12.1 Å². The molecule has 4 heteroatoms. The molecule has 1 heterocycles. The Morgan fingerprint density at radius 1 is 1.33 bits per heavy atom. The third kappa shape index (κ3) is 4.77. The van der Waals surface area contributed by atoms with Gasteiger partial charge in [0.2, 0.25) is 0 Å². The molecule has 0 bridgehead atoms. The highest BCUT2D eigenvalue weighted by atomic mass is 19.1. The lowest BCUT2D eigenvalue weighted by Crippen LogP contribution is -2.46. The van der Waals surface area contributed by atoms with Crippen molar-refractivity contribution in [2.24, 2.45) is 0 Å². The van der Waals surface area contributed by atoms with Gasteiger partial charge in [-0.15, -0.1) is 0 Å². The smallest absolute Gasteiger partial charge is 0.123 e. The lowest BCUT2D eigenvalue weighted by molar-refractivity contribution is -0.0100. The van der Waals surface area contributed by atoms with E-state index in [-0.39, 0.29) is 11.9 Å². The van der Waals surface area contributed by atoms with E-state index < -0.39 is 0 Å². The quantitative estimate of drug-likeness (QED) is 0.837. The topological polar surface area (TPSA) is 24.5 Å². The minimum absolute atomic E-state index is 0.173. The fourth-order valence-corrected chi connectivity index (χ4v) is 2.98. The van der Waals surface area contributed by atoms with Crippen LogP contribution in [0.1, 0.15) is 38.3 Å². The average molecular weight is 294 g/mol. The van der Waals surface area contributed by atoms with E-state index in [0.29, 0.717) is 6.04 Å². The van der Waals surface area contributed by atoms with Crippen LogP contribution in [0.4, 0.5) is 4.39 Å². The van der Waals surface area contributed by atoms with Crippen molar-refractivity contribution < 1.29 is 9.13 Å². The zero-order valence-corrected chi connectivity index (χ0v) is 13.1. The van der Waals surface area contributed by atoms with Crippen LogP contribution >= 0.6 is 0 Å². The van der Waals surface area contributed by atoms with E-state index in [2.05, 4.69) is 24.1 Å². The fraction of sp³-hybridized carbons (Fsp3) is 0.647. The van der Waals surface area contributed by atoms with E-state index in [9.17, 15) is 4.39 Å². The largest absolute Gasteiger partial charge is 0.378 e. The van der Waals surface area contributed by atoms with Crippen molar-refractivity contribution in [3.8, 4) is 0 Å². The van der Waals surface area contributed by atoms with Gasteiger partial charge in [-0.05, 0) is 37.1 Å². The van der Waals surface area contributed by atoms with E-state index in [4.69, 9.17) is 4.74 Å². The van der Waals surface area contributed by atoms with Gasteiger partial charge in [-0.1, -0.05) is 26.0 Å². The lowest BCUT2D eigenvalue weighted by atomic mass is 10.0. The van der Waals surface area contributed by atoms with Crippen molar-refractivity contribution in [3.05, 3.63) is 35.6 Å². The van der Waals surface area contributed by atoms with Crippen molar-refractivity contribution >= 4 is 0 Å². The third-order valence-corrected chi connectivity index (χ3v) is 4.25. The standard InChI is InChI=1S/C17H27FN2O/c1-3-16-13-21-12-11-20(16)10-9-17(19-4-2)14-5-7-15(18)8-6-14/h5-8,16-17,19H,3-4,9-13H2,1-2H3. The summed E-state index contributed by atoms with van der Waals surface area (Å²) in [6.07, 6.45) is 2.17. The molecular formula is C17H27FN2O.